The first kappa shape index (κ1) is 21.8. The van der Waals surface area contributed by atoms with Crippen molar-refractivity contribution in [2.75, 3.05) is 5.32 Å². The van der Waals surface area contributed by atoms with Crippen LogP contribution < -0.4 is 10.0 Å². The van der Waals surface area contributed by atoms with E-state index in [1.807, 2.05) is 0 Å². The molecule has 1 amide bonds. The maximum atomic E-state index is 13.0. The lowest BCUT2D eigenvalue weighted by atomic mass is 9.92. The predicted molar refractivity (Wildman–Crippen MR) is 113 cm³/mol. The molecule has 0 radical (unpaired) electrons. The maximum Gasteiger partial charge on any atom is 0.272 e. The number of fused-ring (bicyclic) bond motifs is 1. The molecule has 1 aromatic heterocycles. The average Bonchev–Trinajstić information content (AvgIpc) is 2.97. The minimum Gasteiger partial charge on any atom is -0.384 e. The SMILES string of the molecule is C=C[C@@](C)(O)[C@@H]1CCc2c(cn(C)c2C(=O)Nc2ccc(C)c(C#N)c2)S(=O)(=O)N1. The predicted octanol–water partition coefficient (Wildman–Crippen LogP) is 1.99. The maximum absolute atomic E-state index is 13.0. The Hall–Kier alpha value is -2.93. The third-order valence-corrected chi connectivity index (χ3v) is 6.99. The highest BCUT2D eigenvalue weighted by Crippen LogP contribution is 2.30. The van der Waals surface area contributed by atoms with Gasteiger partial charge in [-0.25, -0.2) is 13.1 Å². The van der Waals surface area contributed by atoms with Gasteiger partial charge in [-0.1, -0.05) is 12.1 Å². The second-order valence-electron chi connectivity index (χ2n) is 7.67. The number of benzene rings is 1. The van der Waals surface area contributed by atoms with Gasteiger partial charge in [0.15, 0.2) is 0 Å². The molecule has 2 aromatic rings. The van der Waals surface area contributed by atoms with E-state index in [-0.39, 0.29) is 17.0 Å². The monoisotopic (exact) mass is 428 g/mol. The number of rotatable bonds is 4. The number of carbonyl (C=O) groups excluding carboxylic acids is 1. The fraction of sp³-hybridized carbons (Fsp3) is 0.333. The largest absolute Gasteiger partial charge is 0.384 e. The molecule has 8 nitrogen and oxygen atoms in total. The van der Waals surface area contributed by atoms with Gasteiger partial charge in [0.1, 0.15) is 10.6 Å². The molecule has 1 aromatic carbocycles. The van der Waals surface area contributed by atoms with Crippen molar-refractivity contribution in [3.63, 3.8) is 0 Å². The number of aryl methyl sites for hydroxylation is 2. The van der Waals surface area contributed by atoms with Gasteiger partial charge in [0, 0.05) is 24.5 Å². The molecule has 0 unspecified atom stereocenters. The van der Waals surface area contributed by atoms with E-state index in [1.54, 1.807) is 32.2 Å². The molecule has 0 aliphatic carbocycles. The Morgan fingerprint density at radius 1 is 1.50 bits per heavy atom. The summed E-state index contributed by atoms with van der Waals surface area (Å²) in [4.78, 5) is 13.0. The first-order chi connectivity index (χ1) is 14.0. The molecule has 1 aliphatic heterocycles. The summed E-state index contributed by atoms with van der Waals surface area (Å²) in [5, 5.41) is 22.4. The summed E-state index contributed by atoms with van der Waals surface area (Å²) in [6, 6.07) is 6.29. The van der Waals surface area contributed by atoms with Crippen molar-refractivity contribution in [3.05, 3.63) is 59.4 Å². The summed E-state index contributed by atoms with van der Waals surface area (Å²) in [5.41, 5.74) is 0.849. The van der Waals surface area contributed by atoms with Crippen LogP contribution in [0.3, 0.4) is 0 Å². The van der Waals surface area contributed by atoms with Crippen LogP contribution in [0.15, 0.2) is 41.9 Å². The fourth-order valence-corrected chi connectivity index (χ4v) is 5.26. The number of hydrogen-bond acceptors (Lipinski definition) is 5. The number of anilines is 1. The van der Waals surface area contributed by atoms with Gasteiger partial charge in [0.2, 0.25) is 10.0 Å². The van der Waals surface area contributed by atoms with Gasteiger partial charge in [-0.15, -0.1) is 6.58 Å². The summed E-state index contributed by atoms with van der Waals surface area (Å²) in [6.07, 6.45) is 3.26. The molecule has 2 atom stereocenters. The first-order valence-electron chi connectivity index (χ1n) is 9.38. The average molecular weight is 429 g/mol. The molecule has 30 heavy (non-hydrogen) atoms. The molecule has 0 bridgehead atoms. The highest BCUT2D eigenvalue weighted by atomic mass is 32.2. The van der Waals surface area contributed by atoms with Crippen molar-refractivity contribution < 1.29 is 18.3 Å². The number of nitrogens with one attached hydrogen (secondary N) is 2. The van der Waals surface area contributed by atoms with Crippen molar-refractivity contribution in [3.8, 4) is 6.07 Å². The van der Waals surface area contributed by atoms with Gasteiger partial charge in [-0.2, -0.15) is 5.26 Å². The zero-order valence-electron chi connectivity index (χ0n) is 17.1. The van der Waals surface area contributed by atoms with E-state index in [1.165, 1.54) is 23.8 Å². The lowest BCUT2D eigenvalue weighted by molar-refractivity contribution is 0.0731. The number of aromatic nitrogens is 1. The summed E-state index contributed by atoms with van der Waals surface area (Å²) in [5.74, 6) is -0.476. The van der Waals surface area contributed by atoms with Crippen LogP contribution in [0.4, 0.5) is 5.69 Å². The second-order valence-corrected chi connectivity index (χ2v) is 9.35. The molecular weight excluding hydrogens is 404 g/mol. The van der Waals surface area contributed by atoms with E-state index in [2.05, 4.69) is 22.7 Å². The van der Waals surface area contributed by atoms with Gasteiger partial charge in [0.05, 0.1) is 23.3 Å². The lowest BCUT2D eigenvalue weighted by Gasteiger charge is -2.29. The molecule has 158 valence electrons. The molecule has 0 fully saturated rings. The molecule has 3 rings (SSSR count). The van der Waals surface area contributed by atoms with Crippen LogP contribution in [0.1, 0.15) is 40.5 Å². The van der Waals surface area contributed by atoms with Gasteiger partial charge in [0.25, 0.3) is 5.91 Å². The summed E-state index contributed by atoms with van der Waals surface area (Å²) in [7, 11) is -2.34. The molecule has 3 N–H and O–H groups in total. The molecule has 0 saturated carbocycles. The van der Waals surface area contributed by atoms with Crippen molar-refractivity contribution in [2.24, 2.45) is 7.05 Å². The number of carbonyl (C=O) groups is 1. The topological polar surface area (TPSA) is 124 Å². The number of aliphatic hydroxyl groups is 1. The van der Waals surface area contributed by atoms with E-state index >= 15 is 0 Å². The van der Waals surface area contributed by atoms with E-state index in [9.17, 15) is 23.6 Å². The molecule has 9 heteroatoms. The number of nitriles is 1. The Bertz CT molecular complexity index is 1170. The molecular formula is C21H24N4O4S. The molecule has 0 spiro atoms. The summed E-state index contributed by atoms with van der Waals surface area (Å²) >= 11 is 0. The standard InChI is InChI=1S/C21H24N4O4S/c1-5-21(3,27)18-9-8-16-17(30(28,29)24-18)12-25(4)19(16)20(26)23-15-7-6-13(2)14(10-15)11-22/h5-7,10,12,18,24,27H,1,8-9H2,2-4H3,(H,23,26)/t18-,21+/m0/s1. The van der Waals surface area contributed by atoms with E-state index in [4.69, 9.17) is 0 Å². The highest BCUT2D eigenvalue weighted by molar-refractivity contribution is 7.89. The van der Waals surface area contributed by atoms with Crippen molar-refractivity contribution in [1.82, 2.24) is 9.29 Å². The quantitative estimate of drug-likeness (QED) is 0.643. The van der Waals surface area contributed by atoms with Crippen molar-refractivity contribution >= 4 is 21.6 Å². The zero-order chi connectivity index (χ0) is 22.3. The third-order valence-electron chi connectivity index (χ3n) is 5.47. The van der Waals surface area contributed by atoms with Crippen LogP contribution in [0, 0.1) is 18.3 Å². The minimum absolute atomic E-state index is 0.0131. The normalized spacial score (nSPS) is 19.6. The van der Waals surface area contributed by atoms with Gasteiger partial charge < -0.3 is 15.0 Å². The number of nitrogens with zero attached hydrogens (tertiary/aromatic N) is 2. The number of hydrogen-bond donors (Lipinski definition) is 3. The highest BCUT2D eigenvalue weighted by Gasteiger charge is 2.38. The molecule has 2 heterocycles. The summed E-state index contributed by atoms with van der Waals surface area (Å²) < 4.78 is 29.8. The van der Waals surface area contributed by atoms with E-state index in [0.29, 0.717) is 23.2 Å². The Morgan fingerprint density at radius 3 is 2.83 bits per heavy atom. The van der Waals surface area contributed by atoms with Crippen LogP contribution in [-0.2, 0) is 23.5 Å². The Morgan fingerprint density at radius 2 is 2.20 bits per heavy atom. The van der Waals surface area contributed by atoms with Crippen LogP contribution in [0.5, 0.6) is 0 Å². The first-order valence-corrected chi connectivity index (χ1v) is 10.9. The van der Waals surface area contributed by atoms with E-state index in [0.717, 1.165) is 5.56 Å². The van der Waals surface area contributed by atoms with Gasteiger partial charge in [-0.3, -0.25) is 4.79 Å². The summed E-state index contributed by atoms with van der Waals surface area (Å²) in [6.45, 7) is 6.86. The van der Waals surface area contributed by atoms with Crippen LogP contribution in [0.2, 0.25) is 0 Å². The second kappa shape index (κ2) is 7.72. The number of amides is 1. The van der Waals surface area contributed by atoms with Gasteiger partial charge >= 0.3 is 0 Å². The third kappa shape index (κ3) is 3.89. The Labute approximate surface area is 175 Å². The fourth-order valence-electron chi connectivity index (χ4n) is 3.58. The molecule has 1 aliphatic rings. The lowest BCUT2D eigenvalue weighted by Crippen LogP contribution is -2.49. The molecule has 0 saturated heterocycles. The smallest absolute Gasteiger partial charge is 0.272 e. The van der Waals surface area contributed by atoms with Gasteiger partial charge in [-0.05, 0) is 44.4 Å². The van der Waals surface area contributed by atoms with Crippen molar-refractivity contribution in [1.29, 1.82) is 5.26 Å². The Kier molecular flexibility index (Phi) is 5.60. The van der Waals surface area contributed by atoms with Crippen LogP contribution in [0.25, 0.3) is 0 Å². The van der Waals surface area contributed by atoms with Crippen LogP contribution in [-0.4, -0.2) is 35.6 Å². The Balaban J connectivity index is 1.99. The zero-order valence-corrected chi connectivity index (χ0v) is 17.9. The van der Waals surface area contributed by atoms with Crippen LogP contribution >= 0.6 is 0 Å². The van der Waals surface area contributed by atoms with Crippen molar-refractivity contribution in [2.45, 2.75) is 43.2 Å². The van der Waals surface area contributed by atoms with E-state index < -0.39 is 27.6 Å². The minimum atomic E-state index is -3.95. The number of sulfonamides is 1.